The van der Waals surface area contributed by atoms with Crippen molar-refractivity contribution in [3.05, 3.63) is 0 Å². The molecule has 0 saturated carbocycles. The first-order valence-corrected chi connectivity index (χ1v) is 8.48. The van der Waals surface area contributed by atoms with Gasteiger partial charge in [-0.05, 0) is 31.9 Å². The Morgan fingerprint density at radius 3 is 1.75 bits per heavy atom. The summed E-state index contributed by atoms with van der Waals surface area (Å²) in [7, 11) is 1.76. The smallest absolute Gasteiger partial charge is 0.334 e. The summed E-state index contributed by atoms with van der Waals surface area (Å²) in [5.41, 5.74) is 0.787. The normalized spacial score (nSPS) is 11.0. The predicted octanol–water partition coefficient (Wildman–Crippen LogP) is 3.83. The van der Waals surface area contributed by atoms with Crippen molar-refractivity contribution in [2.24, 2.45) is 5.92 Å². The van der Waals surface area contributed by atoms with Crippen molar-refractivity contribution < 1.29 is 8.85 Å². The second-order valence-corrected chi connectivity index (χ2v) is 8.25. The third-order valence-electron chi connectivity index (χ3n) is 2.28. The Bertz CT molecular complexity index is 180. The molecule has 4 heteroatoms. The van der Waals surface area contributed by atoms with E-state index in [1.165, 1.54) is 0 Å². The van der Waals surface area contributed by atoms with Crippen LogP contribution >= 0.6 is 0 Å². The highest BCUT2D eigenvalue weighted by Crippen LogP contribution is 2.12. The number of hydrogen-bond donors (Lipinski definition) is 1. The summed E-state index contributed by atoms with van der Waals surface area (Å²) in [6.45, 7) is 10.3. The summed E-state index contributed by atoms with van der Waals surface area (Å²) >= 11 is 0. The maximum Gasteiger partial charge on any atom is 0.334 e. The zero-order valence-corrected chi connectivity index (χ0v) is 13.0. The molecule has 0 amide bonds. The molecule has 98 valence electrons. The molecule has 0 heterocycles. The van der Waals surface area contributed by atoms with E-state index < -0.39 is 8.56 Å². The summed E-state index contributed by atoms with van der Waals surface area (Å²) in [5, 5.41) is 7.02. The Kier molecular flexibility index (Phi) is 11.4. The average Bonchev–Trinajstić information content (AvgIpc) is 2.17. The van der Waals surface area contributed by atoms with Crippen molar-refractivity contribution in [2.75, 3.05) is 14.2 Å². The molecule has 0 aliphatic carbocycles. The monoisotopic (exact) mass is 247 g/mol. The molecule has 0 unspecified atom stereocenters. The predicted molar refractivity (Wildman–Crippen MR) is 73.6 cm³/mol. The van der Waals surface area contributed by atoms with Gasteiger partial charge in [0.25, 0.3) is 0 Å². The Morgan fingerprint density at radius 2 is 1.69 bits per heavy atom. The summed E-state index contributed by atoms with van der Waals surface area (Å²) < 4.78 is 10.5. The molecule has 16 heavy (non-hydrogen) atoms. The second-order valence-electron chi connectivity index (χ2n) is 4.67. The van der Waals surface area contributed by atoms with Gasteiger partial charge in [0.15, 0.2) is 0 Å². The van der Waals surface area contributed by atoms with Gasteiger partial charge in [-0.15, -0.1) is 0 Å². The quantitative estimate of drug-likeness (QED) is 0.572. The fourth-order valence-corrected chi connectivity index (χ4v) is 2.84. The zero-order chi connectivity index (χ0) is 13.2. The van der Waals surface area contributed by atoms with Crippen molar-refractivity contribution in [1.82, 2.24) is 0 Å². The minimum atomic E-state index is -1.70. The summed E-state index contributed by atoms with van der Waals surface area (Å²) in [5.74, 6) is 0.650. The lowest BCUT2D eigenvalue weighted by Gasteiger charge is -2.21. The van der Waals surface area contributed by atoms with E-state index in [0.717, 1.165) is 24.6 Å². The van der Waals surface area contributed by atoms with E-state index in [1.807, 2.05) is 6.92 Å². The van der Waals surface area contributed by atoms with Crippen molar-refractivity contribution in [2.45, 2.75) is 53.1 Å². The molecule has 1 N–H and O–H groups in total. The van der Waals surface area contributed by atoms with Crippen LogP contribution in [-0.4, -0.2) is 28.5 Å². The van der Waals surface area contributed by atoms with Crippen LogP contribution in [0.2, 0.25) is 12.6 Å². The molecule has 0 spiro atoms. The lowest BCUT2D eigenvalue weighted by atomic mass is 10.1. The Balaban J connectivity index is 0. The molecule has 0 rings (SSSR count). The molecule has 0 radical (unpaired) electrons. The fraction of sp³-hybridized carbons (Fsp3) is 0.917. The van der Waals surface area contributed by atoms with Gasteiger partial charge in [-0.25, -0.2) is 0 Å². The van der Waals surface area contributed by atoms with E-state index in [4.69, 9.17) is 14.3 Å². The van der Waals surface area contributed by atoms with Crippen molar-refractivity contribution in [3.8, 4) is 0 Å². The van der Waals surface area contributed by atoms with Crippen LogP contribution in [0.4, 0.5) is 0 Å². The fourth-order valence-electron chi connectivity index (χ4n) is 1.35. The molecule has 0 aromatic heterocycles. The minimum Gasteiger partial charge on any atom is -0.398 e. The van der Waals surface area contributed by atoms with Gasteiger partial charge < -0.3 is 14.3 Å². The summed E-state index contributed by atoms with van der Waals surface area (Å²) in [4.78, 5) is 0. The third-order valence-corrected chi connectivity index (χ3v) is 5.42. The highest BCUT2D eigenvalue weighted by molar-refractivity contribution is 6.65. The maximum atomic E-state index is 7.02. The third kappa shape index (κ3) is 11.9. The van der Waals surface area contributed by atoms with Gasteiger partial charge >= 0.3 is 8.56 Å². The van der Waals surface area contributed by atoms with Crippen LogP contribution in [0.5, 0.6) is 0 Å². The molecule has 0 aromatic rings. The van der Waals surface area contributed by atoms with E-state index in [1.54, 1.807) is 14.2 Å². The van der Waals surface area contributed by atoms with Crippen LogP contribution in [-0.2, 0) is 8.85 Å². The van der Waals surface area contributed by atoms with Gasteiger partial charge in [0.2, 0.25) is 0 Å². The van der Waals surface area contributed by atoms with Gasteiger partial charge in [-0.2, -0.15) is 0 Å². The molecule has 3 nitrogen and oxygen atoms in total. The van der Waals surface area contributed by atoms with E-state index in [2.05, 4.69) is 27.3 Å². The molecule has 0 aliphatic heterocycles. The topological polar surface area (TPSA) is 42.3 Å². The first kappa shape index (κ1) is 18.2. The Morgan fingerprint density at radius 1 is 1.25 bits per heavy atom. The van der Waals surface area contributed by atoms with Crippen LogP contribution in [0, 0.1) is 11.3 Å². The van der Waals surface area contributed by atoms with Crippen molar-refractivity contribution in [1.29, 1.82) is 5.41 Å². The highest BCUT2D eigenvalue weighted by Gasteiger charge is 2.26. The SMILES string of the molecule is CC(=N)CC(C)C.CCC[Si](C)(OC)OC. The number of nitrogens with one attached hydrogen (secondary N) is 1. The molecule has 0 aromatic carbocycles. The molecule has 0 aliphatic rings. The van der Waals surface area contributed by atoms with Crippen LogP contribution in [0.25, 0.3) is 0 Å². The number of hydrogen-bond acceptors (Lipinski definition) is 3. The molecular weight excluding hydrogens is 218 g/mol. The van der Waals surface area contributed by atoms with Crippen molar-refractivity contribution >= 4 is 14.3 Å². The summed E-state index contributed by atoms with van der Waals surface area (Å²) in [6, 6.07) is 1.08. The Hall–Kier alpha value is -0.193. The van der Waals surface area contributed by atoms with E-state index >= 15 is 0 Å². The van der Waals surface area contributed by atoms with E-state index in [0.29, 0.717) is 5.92 Å². The van der Waals surface area contributed by atoms with Gasteiger partial charge in [0.1, 0.15) is 0 Å². The van der Waals surface area contributed by atoms with Crippen LogP contribution in [0.3, 0.4) is 0 Å². The highest BCUT2D eigenvalue weighted by atomic mass is 28.4. The van der Waals surface area contributed by atoms with Crippen molar-refractivity contribution in [3.63, 3.8) is 0 Å². The molecule has 0 saturated heterocycles. The molecule has 0 fully saturated rings. The Labute approximate surface area is 102 Å². The van der Waals surface area contributed by atoms with E-state index in [-0.39, 0.29) is 0 Å². The van der Waals surface area contributed by atoms with Crippen LogP contribution in [0.1, 0.15) is 40.5 Å². The lowest BCUT2D eigenvalue weighted by Crippen LogP contribution is -2.35. The maximum absolute atomic E-state index is 7.02. The van der Waals surface area contributed by atoms with Gasteiger partial charge in [0, 0.05) is 19.9 Å². The van der Waals surface area contributed by atoms with Gasteiger partial charge in [0.05, 0.1) is 0 Å². The average molecular weight is 247 g/mol. The van der Waals surface area contributed by atoms with Gasteiger partial charge in [-0.3, -0.25) is 0 Å². The van der Waals surface area contributed by atoms with E-state index in [9.17, 15) is 0 Å². The second kappa shape index (κ2) is 9.99. The molecular formula is C12H29NO2Si. The van der Waals surface area contributed by atoms with Gasteiger partial charge in [-0.1, -0.05) is 27.2 Å². The zero-order valence-electron chi connectivity index (χ0n) is 12.0. The number of rotatable bonds is 6. The first-order chi connectivity index (χ1) is 7.31. The standard InChI is InChI=1S/C6H13N.C6H16O2Si/c1-5(2)4-6(3)7;1-5-6-9(4,7-2)8-3/h5,7H,4H2,1-3H3;5-6H2,1-4H3. The molecule has 0 bridgehead atoms. The lowest BCUT2D eigenvalue weighted by molar-refractivity contribution is 0.249. The largest absolute Gasteiger partial charge is 0.398 e. The first-order valence-electron chi connectivity index (χ1n) is 5.95. The summed E-state index contributed by atoms with van der Waals surface area (Å²) in [6.07, 6.45) is 2.09. The van der Waals surface area contributed by atoms with Crippen LogP contribution < -0.4 is 0 Å². The minimum absolute atomic E-state index is 0.650. The van der Waals surface area contributed by atoms with Crippen LogP contribution in [0.15, 0.2) is 0 Å². The molecule has 0 atom stereocenters.